The SMILES string of the molecule is CC(C)(C)SCC(=O)NCCc1cc(Cl)c2c(c1)OCCO2. The van der Waals surface area contributed by atoms with Crippen LogP contribution in [0.2, 0.25) is 5.02 Å². The molecule has 2 rings (SSSR count). The molecule has 4 nitrogen and oxygen atoms in total. The Morgan fingerprint density at radius 2 is 2.05 bits per heavy atom. The van der Waals surface area contributed by atoms with Crippen molar-refractivity contribution < 1.29 is 14.3 Å². The molecule has 0 bridgehead atoms. The molecule has 1 N–H and O–H groups in total. The summed E-state index contributed by atoms with van der Waals surface area (Å²) in [6.45, 7) is 7.94. The zero-order chi connectivity index (χ0) is 16.2. The monoisotopic (exact) mass is 343 g/mol. The molecule has 0 aromatic heterocycles. The molecule has 0 saturated carbocycles. The first-order valence-electron chi connectivity index (χ1n) is 7.34. The minimum atomic E-state index is 0.0589. The van der Waals surface area contributed by atoms with Crippen LogP contribution in [0.3, 0.4) is 0 Å². The first-order valence-corrected chi connectivity index (χ1v) is 8.70. The van der Waals surface area contributed by atoms with E-state index in [4.69, 9.17) is 21.1 Å². The van der Waals surface area contributed by atoms with Crippen molar-refractivity contribution in [1.29, 1.82) is 0 Å². The number of hydrogen-bond acceptors (Lipinski definition) is 4. The Morgan fingerprint density at radius 3 is 2.77 bits per heavy atom. The Balaban J connectivity index is 1.82. The van der Waals surface area contributed by atoms with Crippen LogP contribution in [-0.2, 0) is 11.2 Å². The van der Waals surface area contributed by atoms with Crippen molar-refractivity contribution in [1.82, 2.24) is 5.32 Å². The summed E-state index contributed by atoms with van der Waals surface area (Å²) in [5, 5.41) is 3.49. The van der Waals surface area contributed by atoms with Crippen LogP contribution < -0.4 is 14.8 Å². The molecule has 1 aliphatic heterocycles. The van der Waals surface area contributed by atoms with E-state index in [2.05, 4.69) is 26.1 Å². The number of rotatable bonds is 5. The molecule has 0 spiro atoms. The quantitative estimate of drug-likeness (QED) is 0.891. The molecule has 22 heavy (non-hydrogen) atoms. The summed E-state index contributed by atoms with van der Waals surface area (Å²) < 4.78 is 11.1. The number of hydrogen-bond donors (Lipinski definition) is 1. The lowest BCUT2D eigenvalue weighted by atomic mass is 10.1. The van der Waals surface area contributed by atoms with Crippen LogP contribution in [0.5, 0.6) is 11.5 Å². The summed E-state index contributed by atoms with van der Waals surface area (Å²) in [7, 11) is 0. The number of nitrogens with one attached hydrogen (secondary N) is 1. The lowest BCUT2D eigenvalue weighted by Crippen LogP contribution is -2.28. The van der Waals surface area contributed by atoms with Gasteiger partial charge in [0, 0.05) is 11.3 Å². The van der Waals surface area contributed by atoms with Crippen molar-refractivity contribution in [3.63, 3.8) is 0 Å². The molecular formula is C16H22ClNO3S. The van der Waals surface area contributed by atoms with E-state index in [1.54, 1.807) is 11.8 Å². The van der Waals surface area contributed by atoms with E-state index in [9.17, 15) is 4.79 Å². The first kappa shape index (κ1) is 17.3. The Morgan fingerprint density at radius 1 is 1.32 bits per heavy atom. The smallest absolute Gasteiger partial charge is 0.230 e. The van der Waals surface area contributed by atoms with Gasteiger partial charge in [-0.3, -0.25) is 4.79 Å². The summed E-state index contributed by atoms with van der Waals surface area (Å²) >= 11 is 7.83. The molecule has 0 unspecified atom stereocenters. The Bertz CT molecular complexity index is 543. The molecule has 1 aromatic carbocycles. The van der Waals surface area contributed by atoms with Crippen LogP contribution >= 0.6 is 23.4 Å². The normalized spacial score (nSPS) is 13.8. The van der Waals surface area contributed by atoms with E-state index in [-0.39, 0.29) is 10.7 Å². The minimum absolute atomic E-state index is 0.0589. The lowest BCUT2D eigenvalue weighted by Gasteiger charge is -2.20. The van der Waals surface area contributed by atoms with Gasteiger partial charge in [0.2, 0.25) is 5.91 Å². The van der Waals surface area contributed by atoms with Gasteiger partial charge < -0.3 is 14.8 Å². The third-order valence-electron chi connectivity index (χ3n) is 3.03. The highest BCUT2D eigenvalue weighted by molar-refractivity contribution is 8.01. The van der Waals surface area contributed by atoms with Crippen molar-refractivity contribution >= 4 is 29.3 Å². The van der Waals surface area contributed by atoms with Crippen LogP contribution in [0.25, 0.3) is 0 Å². The van der Waals surface area contributed by atoms with Crippen molar-refractivity contribution in [2.24, 2.45) is 0 Å². The predicted octanol–water partition coefficient (Wildman–Crippen LogP) is 3.30. The molecule has 1 aliphatic rings. The fourth-order valence-electron chi connectivity index (χ4n) is 1.99. The Hall–Kier alpha value is -1.07. The lowest BCUT2D eigenvalue weighted by molar-refractivity contribution is -0.118. The zero-order valence-corrected chi connectivity index (χ0v) is 14.8. The maximum Gasteiger partial charge on any atom is 0.230 e. The number of benzene rings is 1. The highest BCUT2D eigenvalue weighted by atomic mass is 35.5. The topological polar surface area (TPSA) is 47.6 Å². The number of carbonyl (C=O) groups excluding carboxylic acids is 1. The van der Waals surface area contributed by atoms with Gasteiger partial charge in [-0.15, -0.1) is 11.8 Å². The molecule has 0 saturated heterocycles. The van der Waals surface area contributed by atoms with Gasteiger partial charge in [0.25, 0.3) is 0 Å². The second-order valence-corrected chi connectivity index (χ2v) is 8.31. The highest BCUT2D eigenvalue weighted by Gasteiger charge is 2.17. The van der Waals surface area contributed by atoms with Crippen molar-refractivity contribution in [2.75, 3.05) is 25.5 Å². The number of halogens is 1. The Labute approximate surface area is 140 Å². The summed E-state index contributed by atoms with van der Waals surface area (Å²) in [6.07, 6.45) is 0.711. The Kier molecular flexibility index (Phi) is 5.87. The molecule has 1 heterocycles. The second kappa shape index (κ2) is 7.47. The van der Waals surface area contributed by atoms with Crippen molar-refractivity contribution in [2.45, 2.75) is 31.9 Å². The molecule has 0 aliphatic carbocycles. The minimum Gasteiger partial charge on any atom is -0.486 e. The first-order chi connectivity index (χ1) is 10.3. The van der Waals surface area contributed by atoms with Crippen molar-refractivity contribution in [3.05, 3.63) is 22.7 Å². The summed E-state index contributed by atoms with van der Waals surface area (Å²) in [6, 6.07) is 3.79. The van der Waals surface area contributed by atoms with Gasteiger partial charge in [-0.25, -0.2) is 0 Å². The largest absolute Gasteiger partial charge is 0.486 e. The summed E-state index contributed by atoms with van der Waals surface area (Å²) in [5.41, 5.74) is 1.03. The van der Waals surface area contributed by atoms with Crippen LogP contribution in [0.1, 0.15) is 26.3 Å². The number of thioether (sulfide) groups is 1. The third kappa shape index (κ3) is 5.29. The van der Waals surface area contributed by atoms with Gasteiger partial charge in [-0.1, -0.05) is 32.4 Å². The molecule has 122 valence electrons. The molecule has 0 atom stereocenters. The highest BCUT2D eigenvalue weighted by Crippen LogP contribution is 2.38. The van der Waals surface area contributed by atoms with Crippen LogP contribution in [-0.4, -0.2) is 36.2 Å². The fraction of sp³-hybridized carbons (Fsp3) is 0.562. The van der Waals surface area contributed by atoms with Gasteiger partial charge in [0.15, 0.2) is 11.5 Å². The van der Waals surface area contributed by atoms with Crippen LogP contribution in [0, 0.1) is 0 Å². The molecule has 6 heteroatoms. The van der Waals surface area contributed by atoms with Crippen LogP contribution in [0.4, 0.5) is 0 Å². The molecule has 0 fully saturated rings. The van der Waals surface area contributed by atoms with Gasteiger partial charge in [0.1, 0.15) is 13.2 Å². The van der Waals surface area contributed by atoms with Crippen molar-refractivity contribution in [3.8, 4) is 11.5 Å². The fourth-order valence-corrected chi connectivity index (χ4v) is 2.94. The van der Waals surface area contributed by atoms with E-state index in [0.29, 0.717) is 48.5 Å². The number of amides is 1. The third-order valence-corrected chi connectivity index (χ3v) is 4.58. The predicted molar refractivity (Wildman–Crippen MR) is 91.4 cm³/mol. The number of fused-ring (bicyclic) bond motifs is 1. The average molecular weight is 344 g/mol. The van der Waals surface area contributed by atoms with E-state index >= 15 is 0 Å². The maximum absolute atomic E-state index is 11.8. The molecule has 0 radical (unpaired) electrons. The molecule has 1 amide bonds. The van der Waals surface area contributed by atoms with E-state index in [1.807, 2.05) is 12.1 Å². The number of ether oxygens (including phenoxy) is 2. The second-order valence-electron chi connectivity index (χ2n) is 6.10. The molecule has 1 aromatic rings. The van der Waals surface area contributed by atoms with E-state index in [0.717, 1.165) is 5.56 Å². The molecular weight excluding hydrogens is 322 g/mol. The van der Waals surface area contributed by atoms with Gasteiger partial charge in [-0.05, 0) is 24.1 Å². The van der Waals surface area contributed by atoms with Gasteiger partial charge >= 0.3 is 0 Å². The zero-order valence-electron chi connectivity index (χ0n) is 13.2. The van der Waals surface area contributed by atoms with E-state index < -0.39 is 0 Å². The standard InChI is InChI=1S/C16H22ClNO3S/c1-16(2,3)22-10-14(19)18-5-4-11-8-12(17)15-13(9-11)20-6-7-21-15/h8-9H,4-7,10H2,1-3H3,(H,18,19). The summed E-state index contributed by atoms with van der Waals surface area (Å²) in [4.78, 5) is 11.8. The number of carbonyl (C=O) groups is 1. The van der Waals surface area contributed by atoms with Gasteiger partial charge in [-0.2, -0.15) is 0 Å². The average Bonchev–Trinajstić information content (AvgIpc) is 2.44. The van der Waals surface area contributed by atoms with E-state index in [1.165, 1.54) is 0 Å². The van der Waals surface area contributed by atoms with Crippen LogP contribution in [0.15, 0.2) is 12.1 Å². The van der Waals surface area contributed by atoms with Gasteiger partial charge in [0.05, 0.1) is 10.8 Å². The summed E-state index contributed by atoms with van der Waals surface area (Å²) in [5.74, 6) is 1.83. The maximum atomic E-state index is 11.8.